The standard InChI is InChI=1S/C23H40N4O.HI/c1-5-28-13-7-6-12-25-23(24-4)26-15-21-8-10-22(11-9-21)18-27-16-19(2)14-20(3)17-27;/h8-11,19-20H,5-7,12-18H2,1-4H3,(H2,24,25,26);1H. The SMILES string of the molecule is CCOCCCCNC(=NC)NCc1ccc(CN2CC(C)CC(C)C2)cc1.I. The zero-order valence-corrected chi connectivity index (χ0v) is 21.1. The average Bonchev–Trinajstić information content (AvgIpc) is 2.67. The van der Waals surface area contributed by atoms with E-state index in [1.165, 1.54) is 30.6 Å². The summed E-state index contributed by atoms with van der Waals surface area (Å²) in [6, 6.07) is 9.00. The van der Waals surface area contributed by atoms with Crippen molar-refractivity contribution < 1.29 is 4.74 Å². The number of rotatable bonds is 10. The predicted molar refractivity (Wildman–Crippen MR) is 134 cm³/mol. The molecule has 1 heterocycles. The summed E-state index contributed by atoms with van der Waals surface area (Å²) in [5, 5.41) is 6.76. The Labute approximate surface area is 195 Å². The van der Waals surface area contributed by atoms with Gasteiger partial charge in [-0.15, -0.1) is 24.0 Å². The molecule has 29 heavy (non-hydrogen) atoms. The molecule has 0 amide bonds. The molecule has 0 aliphatic carbocycles. The van der Waals surface area contributed by atoms with Gasteiger partial charge in [0.2, 0.25) is 0 Å². The van der Waals surface area contributed by atoms with Crippen molar-refractivity contribution in [2.24, 2.45) is 16.8 Å². The number of benzene rings is 1. The lowest BCUT2D eigenvalue weighted by atomic mass is 9.91. The minimum Gasteiger partial charge on any atom is -0.382 e. The van der Waals surface area contributed by atoms with Crippen LogP contribution in [0.5, 0.6) is 0 Å². The third-order valence-corrected chi connectivity index (χ3v) is 5.27. The number of hydrogen-bond acceptors (Lipinski definition) is 3. The van der Waals surface area contributed by atoms with Crippen molar-refractivity contribution in [3.8, 4) is 0 Å². The maximum atomic E-state index is 5.36. The van der Waals surface area contributed by atoms with E-state index in [4.69, 9.17) is 4.74 Å². The molecular formula is C23H41IN4O. The molecule has 2 rings (SSSR count). The van der Waals surface area contributed by atoms with E-state index >= 15 is 0 Å². The van der Waals surface area contributed by atoms with E-state index in [1.807, 2.05) is 14.0 Å². The van der Waals surface area contributed by atoms with Gasteiger partial charge in [0, 0.05) is 53.0 Å². The lowest BCUT2D eigenvalue weighted by molar-refractivity contribution is 0.134. The first kappa shape index (κ1) is 26.2. The molecule has 2 N–H and O–H groups in total. The number of likely N-dealkylation sites (tertiary alicyclic amines) is 1. The quantitative estimate of drug-likeness (QED) is 0.211. The summed E-state index contributed by atoms with van der Waals surface area (Å²) in [4.78, 5) is 6.90. The Balaban J connectivity index is 0.00000420. The minimum absolute atomic E-state index is 0. The molecule has 1 fully saturated rings. The molecule has 0 aromatic heterocycles. The van der Waals surface area contributed by atoms with Crippen LogP contribution in [0.15, 0.2) is 29.3 Å². The van der Waals surface area contributed by atoms with Gasteiger partial charge in [0.05, 0.1) is 0 Å². The molecule has 2 atom stereocenters. The van der Waals surface area contributed by atoms with Crippen molar-refractivity contribution in [3.63, 3.8) is 0 Å². The minimum atomic E-state index is 0. The fourth-order valence-electron chi connectivity index (χ4n) is 4.03. The number of hydrogen-bond donors (Lipinski definition) is 2. The second-order valence-electron chi connectivity index (χ2n) is 8.21. The second-order valence-corrected chi connectivity index (χ2v) is 8.21. The molecule has 0 saturated carbocycles. The van der Waals surface area contributed by atoms with Gasteiger partial charge < -0.3 is 15.4 Å². The number of piperidine rings is 1. The zero-order valence-electron chi connectivity index (χ0n) is 18.7. The first-order valence-corrected chi connectivity index (χ1v) is 10.9. The number of ether oxygens (including phenoxy) is 1. The van der Waals surface area contributed by atoms with E-state index in [-0.39, 0.29) is 24.0 Å². The molecule has 1 aromatic carbocycles. The molecule has 0 spiro atoms. The predicted octanol–water partition coefficient (Wildman–Crippen LogP) is 4.26. The Morgan fingerprint density at radius 1 is 1.07 bits per heavy atom. The third kappa shape index (κ3) is 10.6. The Hall–Kier alpha value is -0.860. The zero-order chi connectivity index (χ0) is 20.2. The first-order chi connectivity index (χ1) is 13.6. The first-order valence-electron chi connectivity index (χ1n) is 10.9. The van der Waals surface area contributed by atoms with E-state index in [1.54, 1.807) is 0 Å². The summed E-state index contributed by atoms with van der Waals surface area (Å²) in [7, 11) is 1.82. The summed E-state index contributed by atoms with van der Waals surface area (Å²) in [6.45, 7) is 13.6. The fraction of sp³-hybridized carbons (Fsp3) is 0.696. The van der Waals surface area contributed by atoms with Crippen LogP contribution in [-0.4, -0.2) is 50.8 Å². The topological polar surface area (TPSA) is 48.9 Å². The number of nitrogens with one attached hydrogen (secondary N) is 2. The van der Waals surface area contributed by atoms with Crippen LogP contribution in [0.4, 0.5) is 0 Å². The Bertz CT molecular complexity index is 569. The Morgan fingerprint density at radius 2 is 1.72 bits per heavy atom. The van der Waals surface area contributed by atoms with Crippen LogP contribution in [0.25, 0.3) is 0 Å². The lowest BCUT2D eigenvalue weighted by Crippen LogP contribution is -2.38. The normalized spacial score (nSPS) is 20.2. The summed E-state index contributed by atoms with van der Waals surface area (Å²) >= 11 is 0. The number of halogens is 1. The van der Waals surface area contributed by atoms with Crippen molar-refractivity contribution in [2.45, 2.75) is 53.1 Å². The molecule has 1 aliphatic heterocycles. The molecule has 5 nitrogen and oxygen atoms in total. The van der Waals surface area contributed by atoms with E-state index in [0.717, 1.165) is 63.5 Å². The van der Waals surface area contributed by atoms with Crippen LogP contribution >= 0.6 is 24.0 Å². The van der Waals surface area contributed by atoms with Crippen LogP contribution < -0.4 is 10.6 Å². The molecule has 1 aliphatic rings. The monoisotopic (exact) mass is 516 g/mol. The second kappa shape index (κ2) is 15.0. The van der Waals surface area contributed by atoms with E-state index in [9.17, 15) is 0 Å². The van der Waals surface area contributed by atoms with Crippen LogP contribution in [0.2, 0.25) is 0 Å². The van der Waals surface area contributed by atoms with Crippen molar-refractivity contribution in [1.82, 2.24) is 15.5 Å². The molecular weight excluding hydrogens is 475 g/mol. The van der Waals surface area contributed by atoms with Gasteiger partial charge in [0.15, 0.2) is 5.96 Å². The largest absolute Gasteiger partial charge is 0.382 e. The average molecular weight is 517 g/mol. The van der Waals surface area contributed by atoms with Crippen LogP contribution in [0.1, 0.15) is 51.2 Å². The highest BCUT2D eigenvalue weighted by atomic mass is 127. The van der Waals surface area contributed by atoms with Crippen LogP contribution in [-0.2, 0) is 17.8 Å². The number of unbranched alkanes of at least 4 members (excludes halogenated alkanes) is 1. The van der Waals surface area contributed by atoms with Gasteiger partial charge in [-0.2, -0.15) is 0 Å². The summed E-state index contributed by atoms with van der Waals surface area (Å²) in [6.07, 6.45) is 3.53. The summed E-state index contributed by atoms with van der Waals surface area (Å²) < 4.78 is 5.36. The van der Waals surface area contributed by atoms with E-state index in [2.05, 4.69) is 58.6 Å². The highest BCUT2D eigenvalue weighted by Crippen LogP contribution is 2.22. The van der Waals surface area contributed by atoms with Gasteiger partial charge in [-0.1, -0.05) is 38.1 Å². The lowest BCUT2D eigenvalue weighted by Gasteiger charge is -2.35. The van der Waals surface area contributed by atoms with Crippen LogP contribution in [0.3, 0.4) is 0 Å². The van der Waals surface area contributed by atoms with Gasteiger partial charge in [0.1, 0.15) is 0 Å². The van der Waals surface area contributed by atoms with Crippen molar-refractivity contribution >= 4 is 29.9 Å². The maximum absolute atomic E-state index is 5.36. The van der Waals surface area contributed by atoms with Gasteiger partial charge in [-0.05, 0) is 49.1 Å². The summed E-state index contributed by atoms with van der Waals surface area (Å²) in [5.41, 5.74) is 2.69. The van der Waals surface area contributed by atoms with Crippen LogP contribution in [0, 0.1) is 11.8 Å². The molecule has 166 valence electrons. The molecule has 2 unspecified atom stereocenters. The van der Waals surface area contributed by atoms with Crippen molar-refractivity contribution in [2.75, 3.05) is 39.9 Å². The Kier molecular flexibility index (Phi) is 13.6. The van der Waals surface area contributed by atoms with Gasteiger partial charge in [0.25, 0.3) is 0 Å². The number of guanidine groups is 1. The van der Waals surface area contributed by atoms with Crippen molar-refractivity contribution in [3.05, 3.63) is 35.4 Å². The fourth-order valence-corrected chi connectivity index (χ4v) is 4.03. The molecule has 0 radical (unpaired) electrons. The van der Waals surface area contributed by atoms with Crippen molar-refractivity contribution in [1.29, 1.82) is 0 Å². The van der Waals surface area contributed by atoms with E-state index in [0.29, 0.717) is 0 Å². The highest BCUT2D eigenvalue weighted by molar-refractivity contribution is 14.0. The highest BCUT2D eigenvalue weighted by Gasteiger charge is 2.21. The smallest absolute Gasteiger partial charge is 0.191 e. The molecule has 1 aromatic rings. The number of aliphatic imine (C=N–C) groups is 1. The number of nitrogens with zero attached hydrogens (tertiary/aromatic N) is 2. The van der Waals surface area contributed by atoms with Gasteiger partial charge in [-0.3, -0.25) is 9.89 Å². The Morgan fingerprint density at radius 3 is 2.34 bits per heavy atom. The third-order valence-electron chi connectivity index (χ3n) is 5.27. The maximum Gasteiger partial charge on any atom is 0.191 e. The molecule has 1 saturated heterocycles. The van der Waals surface area contributed by atoms with Gasteiger partial charge >= 0.3 is 0 Å². The summed E-state index contributed by atoms with van der Waals surface area (Å²) in [5.74, 6) is 2.48. The van der Waals surface area contributed by atoms with E-state index < -0.39 is 0 Å². The van der Waals surface area contributed by atoms with Gasteiger partial charge in [-0.25, -0.2) is 0 Å². The molecule has 0 bridgehead atoms. The molecule has 6 heteroatoms.